The summed E-state index contributed by atoms with van der Waals surface area (Å²) in [4.78, 5) is 30.0. The van der Waals surface area contributed by atoms with E-state index in [0.717, 1.165) is 38.5 Å². The number of ether oxygens (including phenoxy) is 3. The lowest BCUT2D eigenvalue weighted by atomic mass is 9.96. The van der Waals surface area contributed by atoms with Crippen molar-refractivity contribution >= 4 is 31.0 Å². The SMILES string of the molecule is N#C[C@]1(c2ccc3c(N)ncnn23)CC[C@H](CO[P@](=O)(N[C@@H](CC(=O)OC2CCC2)C(=O)OC2CCC2)Oc2ccccc2)O1. The summed E-state index contributed by atoms with van der Waals surface area (Å²) in [7, 11) is -4.34. The van der Waals surface area contributed by atoms with Crippen LogP contribution in [-0.2, 0) is 38.5 Å². The minimum absolute atomic E-state index is 0.190. The maximum absolute atomic E-state index is 14.3. The normalized spacial score (nSPS) is 23.7. The smallest absolute Gasteiger partial charge is 0.459 e. The molecule has 238 valence electrons. The van der Waals surface area contributed by atoms with Crippen molar-refractivity contribution in [3.63, 3.8) is 0 Å². The van der Waals surface area contributed by atoms with E-state index in [0.29, 0.717) is 24.1 Å². The Hall–Kier alpha value is -4.02. The average molecular weight is 639 g/mol. The van der Waals surface area contributed by atoms with Gasteiger partial charge in [-0.2, -0.15) is 15.4 Å². The van der Waals surface area contributed by atoms with E-state index in [-0.39, 0.29) is 30.4 Å². The second-order valence-corrected chi connectivity index (χ2v) is 13.2. The van der Waals surface area contributed by atoms with Crippen LogP contribution < -0.4 is 15.3 Å². The number of nitrogens with zero attached hydrogens (tertiary/aromatic N) is 4. The van der Waals surface area contributed by atoms with Crippen LogP contribution in [-0.4, -0.2) is 57.5 Å². The Morgan fingerprint density at radius 2 is 1.84 bits per heavy atom. The van der Waals surface area contributed by atoms with Crippen LogP contribution in [0.15, 0.2) is 48.8 Å². The minimum atomic E-state index is -4.34. The molecular weight excluding hydrogens is 603 g/mol. The lowest BCUT2D eigenvalue weighted by molar-refractivity contribution is -0.162. The zero-order chi connectivity index (χ0) is 31.4. The molecule has 45 heavy (non-hydrogen) atoms. The number of fused-ring (bicyclic) bond motifs is 1. The van der Waals surface area contributed by atoms with Crippen LogP contribution in [0.2, 0.25) is 0 Å². The molecular formula is C30H35N6O8P. The van der Waals surface area contributed by atoms with Crippen LogP contribution >= 0.6 is 7.75 Å². The number of aromatic nitrogens is 3. The van der Waals surface area contributed by atoms with Crippen LogP contribution in [0.25, 0.3) is 5.52 Å². The Labute approximate surface area is 259 Å². The number of nitriles is 1. The molecule has 2 saturated carbocycles. The molecule has 2 aromatic heterocycles. The van der Waals surface area contributed by atoms with Crippen LogP contribution in [0, 0.1) is 11.3 Å². The van der Waals surface area contributed by atoms with E-state index in [9.17, 15) is 19.4 Å². The van der Waals surface area contributed by atoms with Crippen molar-refractivity contribution in [2.75, 3.05) is 12.3 Å². The summed E-state index contributed by atoms with van der Waals surface area (Å²) in [6.45, 7) is -0.252. The highest BCUT2D eigenvalue weighted by atomic mass is 31.2. The van der Waals surface area contributed by atoms with Crippen molar-refractivity contribution in [3.05, 3.63) is 54.5 Å². The number of rotatable bonds is 13. The highest BCUT2D eigenvalue weighted by Gasteiger charge is 2.46. The maximum Gasteiger partial charge on any atom is 0.459 e. The lowest BCUT2D eigenvalue weighted by Gasteiger charge is -2.30. The Bertz CT molecular complexity index is 1620. The number of para-hydroxylation sites is 1. The fraction of sp³-hybridized carbons (Fsp3) is 0.500. The van der Waals surface area contributed by atoms with E-state index in [1.807, 2.05) is 0 Å². The number of nitrogens with two attached hydrogens (primary N) is 1. The summed E-state index contributed by atoms with van der Waals surface area (Å²) in [5, 5.41) is 17.1. The summed E-state index contributed by atoms with van der Waals surface area (Å²) >= 11 is 0. The molecule has 14 nitrogen and oxygen atoms in total. The van der Waals surface area contributed by atoms with E-state index in [1.54, 1.807) is 42.5 Å². The minimum Gasteiger partial charge on any atom is -0.462 e. The number of esters is 2. The number of hydrogen-bond acceptors (Lipinski definition) is 12. The second kappa shape index (κ2) is 13.1. The third-order valence-corrected chi connectivity index (χ3v) is 9.88. The van der Waals surface area contributed by atoms with E-state index < -0.39 is 43.9 Å². The molecule has 4 atom stereocenters. The van der Waals surface area contributed by atoms with Crippen molar-refractivity contribution in [2.45, 2.75) is 87.7 Å². The number of benzene rings is 1. The van der Waals surface area contributed by atoms with Crippen molar-refractivity contribution < 1.29 is 37.4 Å². The monoisotopic (exact) mass is 638 g/mol. The first-order valence-electron chi connectivity index (χ1n) is 15.1. The molecule has 2 aliphatic carbocycles. The maximum atomic E-state index is 14.3. The molecule has 0 radical (unpaired) electrons. The fourth-order valence-electron chi connectivity index (χ4n) is 5.36. The van der Waals surface area contributed by atoms with E-state index in [2.05, 4.69) is 21.2 Å². The topological polar surface area (TPSA) is 189 Å². The Morgan fingerprint density at radius 3 is 2.53 bits per heavy atom. The van der Waals surface area contributed by atoms with Gasteiger partial charge in [0, 0.05) is 0 Å². The zero-order valence-electron chi connectivity index (χ0n) is 24.6. The Balaban J connectivity index is 1.19. The lowest BCUT2D eigenvalue weighted by Crippen LogP contribution is -2.43. The van der Waals surface area contributed by atoms with Gasteiger partial charge in [0.1, 0.15) is 41.9 Å². The Morgan fingerprint density at radius 1 is 1.11 bits per heavy atom. The number of nitrogen functional groups attached to an aromatic ring is 1. The van der Waals surface area contributed by atoms with Gasteiger partial charge in [0.2, 0.25) is 0 Å². The van der Waals surface area contributed by atoms with E-state index in [1.165, 1.54) is 10.8 Å². The van der Waals surface area contributed by atoms with Crippen LogP contribution in [0.3, 0.4) is 0 Å². The Kier molecular flexibility index (Phi) is 9.05. The predicted octanol–water partition coefficient (Wildman–Crippen LogP) is 3.95. The van der Waals surface area contributed by atoms with Crippen molar-refractivity contribution in [2.24, 2.45) is 0 Å². The molecule has 3 N–H and O–H groups in total. The highest BCUT2D eigenvalue weighted by Crippen LogP contribution is 2.47. The zero-order valence-corrected chi connectivity index (χ0v) is 25.5. The molecule has 3 aliphatic rings. The van der Waals surface area contributed by atoms with Gasteiger partial charge in [-0.15, -0.1) is 0 Å². The highest BCUT2D eigenvalue weighted by molar-refractivity contribution is 7.52. The van der Waals surface area contributed by atoms with Gasteiger partial charge in [-0.3, -0.25) is 14.1 Å². The van der Waals surface area contributed by atoms with Crippen molar-refractivity contribution in [1.29, 1.82) is 5.26 Å². The number of nitrogens with one attached hydrogen (secondary N) is 1. The first kappa shape index (κ1) is 31.0. The van der Waals surface area contributed by atoms with Gasteiger partial charge in [0.15, 0.2) is 11.4 Å². The van der Waals surface area contributed by atoms with Crippen LogP contribution in [0.4, 0.5) is 5.82 Å². The number of anilines is 1. The van der Waals surface area contributed by atoms with E-state index in [4.69, 9.17) is 29.0 Å². The summed E-state index contributed by atoms with van der Waals surface area (Å²) < 4.78 is 44.7. The summed E-state index contributed by atoms with van der Waals surface area (Å²) in [6.07, 6.45) is 5.29. The standard InChI is InChI=1S/C30H35N6O8P/c31-18-30(26-13-12-25-28(32)33-19-34-36(25)26)15-14-23(43-30)17-40-45(39,44-22-6-2-1-3-7-22)35-24(29(38)42-21-10-5-11-21)16-27(37)41-20-8-4-9-20/h1-3,6-7,12-13,19-21,23-24H,4-5,8-11,14-17H2,(H,35,39)(H2,32,33,34)/t23-,24+,30+,45-/m1/s1. The van der Waals surface area contributed by atoms with Gasteiger partial charge in [-0.1, -0.05) is 18.2 Å². The molecule has 3 aromatic rings. The van der Waals surface area contributed by atoms with Gasteiger partial charge < -0.3 is 24.5 Å². The van der Waals surface area contributed by atoms with Gasteiger partial charge in [0.25, 0.3) is 0 Å². The number of carbonyl (C=O) groups excluding carboxylic acids is 2. The average Bonchev–Trinajstić information content (AvgIpc) is 3.62. The number of carbonyl (C=O) groups is 2. The van der Waals surface area contributed by atoms with Gasteiger partial charge >= 0.3 is 19.7 Å². The molecule has 1 saturated heterocycles. The van der Waals surface area contributed by atoms with Crippen molar-refractivity contribution in [3.8, 4) is 11.8 Å². The predicted molar refractivity (Wildman–Crippen MR) is 158 cm³/mol. The fourth-order valence-corrected chi connectivity index (χ4v) is 6.88. The first-order valence-corrected chi connectivity index (χ1v) is 16.6. The molecule has 1 aliphatic heterocycles. The molecule has 0 bridgehead atoms. The van der Waals surface area contributed by atoms with Crippen molar-refractivity contribution in [1.82, 2.24) is 19.7 Å². The molecule has 3 heterocycles. The molecule has 0 unspecified atom stereocenters. The quantitative estimate of drug-likeness (QED) is 0.202. The van der Waals surface area contributed by atoms with Gasteiger partial charge in [0.05, 0.1) is 24.8 Å². The summed E-state index contributed by atoms with van der Waals surface area (Å²) in [5.41, 5.74) is 5.60. The molecule has 6 rings (SSSR count). The molecule has 0 spiro atoms. The largest absolute Gasteiger partial charge is 0.462 e. The molecule has 3 fully saturated rings. The third kappa shape index (κ3) is 6.97. The molecule has 15 heteroatoms. The van der Waals surface area contributed by atoms with E-state index >= 15 is 0 Å². The number of hydrogen-bond donors (Lipinski definition) is 2. The first-order chi connectivity index (χ1) is 21.8. The molecule has 0 amide bonds. The molecule has 1 aromatic carbocycles. The summed E-state index contributed by atoms with van der Waals surface area (Å²) in [6, 6.07) is 12.6. The third-order valence-electron chi connectivity index (χ3n) is 8.32. The van der Waals surface area contributed by atoms with Crippen LogP contribution in [0.1, 0.15) is 63.5 Å². The van der Waals surface area contributed by atoms with Gasteiger partial charge in [-0.25, -0.2) is 14.1 Å². The summed E-state index contributed by atoms with van der Waals surface area (Å²) in [5.74, 6) is -0.884. The van der Waals surface area contributed by atoms with Gasteiger partial charge in [-0.05, 0) is 75.6 Å². The van der Waals surface area contributed by atoms with Crippen LogP contribution in [0.5, 0.6) is 5.75 Å². The second-order valence-electron chi connectivity index (χ2n) is 11.5.